The van der Waals surface area contributed by atoms with Crippen LogP contribution in [0, 0.1) is 5.92 Å². The molecule has 0 aliphatic rings. The van der Waals surface area contributed by atoms with E-state index in [1.54, 1.807) is 0 Å². The molecule has 3 atom stereocenters. The summed E-state index contributed by atoms with van der Waals surface area (Å²) in [6.07, 6.45) is 14.9. The highest BCUT2D eigenvalue weighted by Gasteiger charge is 2.18. The lowest BCUT2D eigenvalue weighted by atomic mass is 9.97. The summed E-state index contributed by atoms with van der Waals surface area (Å²) in [5, 5.41) is 35.8. The fourth-order valence-electron chi connectivity index (χ4n) is 3.76. The van der Waals surface area contributed by atoms with Crippen LogP contribution >= 0.6 is 0 Å². The van der Waals surface area contributed by atoms with Crippen molar-refractivity contribution in [1.29, 1.82) is 0 Å². The first-order chi connectivity index (χ1) is 16.4. The minimum absolute atomic E-state index is 0.120. The van der Waals surface area contributed by atoms with E-state index >= 15 is 0 Å². The molecule has 8 nitrogen and oxygen atoms in total. The average Bonchev–Trinajstić information content (AvgIpc) is 2.85. The number of hydrogen-bond acceptors (Lipinski definition) is 8. The Morgan fingerprint density at radius 1 is 0.647 bits per heavy atom. The van der Waals surface area contributed by atoms with E-state index in [1.807, 2.05) is 6.92 Å². The van der Waals surface area contributed by atoms with Crippen LogP contribution in [0.2, 0.25) is 0 Å². The molecule has 0 fully saturated rings. The van der Waals surface area contributed by atoms with Crippen molar-refractivity contribution in [2.75, 3.05) is 26.4 Å². The molecule has 3 unspecified atom stereocenters. The van der Waals surface area contributed by atoms with Gasteiger partial charge in [-0.05, 0) is 19.3 Å². The van der Waals surface area contributed by atoms with E-state index in [2.05, 4.69) is 0 Å². The van der Waals surface area contributed by atoms with E-state index in [9.17, 15) is 14.7 Å². The van der Waals surface area contributed by atoms with E-state index in [0.29, 0.717) is 6.42 Å². The van der Waals surface area contributed by atoms with Gasteiger partial charge in [-0.15, -0.1) is 0 Å². The van der Waals surface area contributed by atoms with E-state index in [4.69, 9.17) is 24.8 Å². The van der Waals surface area contributed by atoms with Crippen molar-refractivity contribution in [2.45, 2.75) is 122 Å². The highest BCUT2D eigenvalue weighted by molar-refractivity contribution is 5.72. The monoisotopic (exact) mass is 490 g/mol. The highest BCUT2D eigenvalue weighted by Crippen LogP contribution is 2.18. The third kappa shape index (κ3) is 20.2. The van der Waals surface area contributed by atoms with Gasteiger partial charge in [0.2, 0.25) is 0 Å². The summed E-state index contributed by atoms with van der Waals surface area (Å²) in [4.78, 5) is 23.5. The van der Waals surface area contributed by atoms with Gasteiger partial charge in [0.1, 0.15) is 25.4 Å². The van der Waals surface area contributed by atoms with Crippen LogP contribution in [0.15, 0.2) is 0 Å². The molecule has 0 aromatic rings. The molecular formula is C26H50O8. The molecule has 202 valence electrons. The van der Waals surface area contributed by atoms with Crippen molar-refractivity contribution in [3.05, 3.63) is 0 Å². The summed E-state index contributed by atoms with van der Waals surface area (Å²) in [5.41, 5.74) is 0. The largest absolute Gasteiger partial charge is 0.463 e. The Morgan fingerprint density at radius 3 is 1.50 bits per heavy atom. The SMILES string of the molecule is CCC(CCCCCCCCCCCCCCCC(=O)OCC(O)CO)C(=O)OCC(O)CO. The summed E-state index contributed by atoms with van der Waals surface area (Å²) >= 11 is 0. The summed E-state index contributed by atoms with van der Waals surface area (Å²) in [5.74, 6) is -0.701. The summed E-state index contributed by atoms with van der Waals surface area (Å²) in [6.45, 7) is 0.906. The molecule has 0 aromatic heterocycles. The van der Waals surface area contributed by atoms with Gasteiger partial charge < -0.3 is 29.9 Å². The van der Waals surface area contributed by atoms with Crippen molar-refractivity contribution in [1.82, 2.24) is 0 Å². The van der Waals surface area contributed by atoms with Gasteiger partial charge in [0.25, 0.3) is 0 Å². The Labute approximate surface area is 206 Å². The van der Waals surface area contributed by atoms with Crippen LogP contribution in [-0.2, 0) is 19.1 Å². The van der Waals surface area contributed by atoms with Crippen LogP contribution in [-0.4, -0.2) is 71.0 Å². The molecule has 0 aromatic carbocycles. The molecule has 0 rings (SSSR count). The number of aliphatic hydroxyl groups excluding tert-OH is 4. The molecular weight excluding hydrogens is 440 g/mol. The summed E-state index contributed by atoms with van der Waals surface area (Å²) in [6, 6.07) is 0. The Balaban J connectivity index is 3.41. The zero-order valence-corrected chi connectivity index (χ0v) is 21.3. The van der Waals surface area contributed by atoms with E-state index in [0.717, 1.165) is 44.9 Å². The fourth-order valence-corrected chi connectivity index (χ4v) is 3.76. The van der Waals surface area contributed by atoms with Crippen molar-refractivity contribution in [2.24, 2.45) is 5.92 Å². The van der Waals surface area contributed by atoms with Crippen LogP contribution < -0.4 is 0 Å². The van der Waals surface area contributed by atoms with Gasteiger partial charge >= 0.3 is 11.9 Å². The Bertz CT molecular complexity index is 485. The second-order valence-corrected chi connectivity index (χ2v) is 9.23. The van der Waals surface area contributed by atoms with E-state index in [1.165, 1.54) is 51.4 Å². The second-order valence-electron chi connectivity index (χ2n) is 9.23. The standard InChI is InChI=1S/C26H50O8/c1-2-22(26(32)34-21-24(30)19-28)16-14-12-10-8-6-4-3-5-7-9-11-13-15-17-25(31)33-20-23(29)18-27/h22-24,27-30H,2-21H2,1H3. The topological polar surface area (TPSA) is 134 Å². The molecule has 0 heterocycles. The number of rotatable bonds is 24. The molecule has 0 bridgehead atoms. The van der Waals surface area contributed by atoms with Gasteiger partial charge in [-0.2, -0.15) is 0 Å². The lowest BCUT2D eigenvalue weighted by molar-refractivity contribution is -0.152. The van der Waals surface area contributed by atoms with Gasteiger partial charge in [0.05, 0.1) is 19.1 Å². The molecule has 0 saturated heterocycles. The van der Waals surface area contributed by atoms with Gasteiger partial charge in [-0.1, -0.05) is 84.0 Å². The molecule has 4 N–H and O–H groups in total. The number of unbranched alkanes of at least 4 members (excludes halogenated alkanes) is 12. The van der Waals surface area contributed by atoms with Crippen molar-refractivity contribution < 1.29 is 39.5 Å². The minimum Gasteiger partial charge on any atom is -0.463 e. The lowest BCUT2D eigenvalue weighted by Gasteiger charge is -2.15. The van der Waals surface area contributed by atoms with Gasteiger partial charge in [0, 0.05) is 6.42 Å². The maximum absolute atomic E-state index is 12.0. The number of carbonyl (C=O) groups is 2. The van der Waals surface area contributed by atoms with Gasteiger partial charge in [-0.3, -0.25) is 9.59 Å². The number of hydrogen-bond donors (Lipinski definition) is 4. The van der Waals surface area contributed by atoms with E-state index < -0.39 is 25.4 Å². The molecule has 0 saturated carbocycles. The Hall–Kier alpha value is -1.22. The van der Waals surface area contributed by atoms with Crippen LogP contribution in [0.4, 0.5) is 0 Å². The number of esters is 2. The number of ether oxygens (including phenoxy) is 2. The minimum atomic E-state index is -0.996. The van der Waals surface area contributed by atoms with Gasteiger partial charge in [-0.25, -0.2) is 0 Å². The maximum atomic E-state index is 12.0. The molecule has 0 aliphatic carbocycles. The smallest absolute Gasteiger partial charge is 0.309 e. The molecule has 0 aliphatic heterocycles. The second kappa shape index (κ2) is 23.5. The molecule has 0 spiro atoms. The Morgan fingerprint density at radius 2 is 1.06 bits per heavy atom. The lowest BCUT2D eigenvalue weighted by Crippen LogP contribution is -2.25. The first kappa shape index (κ1) is 32.8. The quantitative estimate of drug-likeness (QED) is 0.119. The zero-order chi connectivity index (χ0) is 25.4. The molecule has 34 heavy (non-hydrogen) atoms. The van der Waals surface area contributed by atoms with Crippen LogP contribution in [0.3, 0.4) is 0 Å². The number of aliphatic hydroxyl groups is 4. The summed E-state index contributed by atoms with van der Waals surface area (Å²) in [7, 11) is 0. The molecule has 8 heteroatoms. The average molecular weight is 491 g/mol. The Kier molecular flexibility index (Phi) is 22.7. The predicted octanol–water partition coefficient (Wildman–Crippen LogP) is 3.66. The first-order valence-corrected chi connectivity index (χ1v) is 13.3. The maximum Gasteiger partial charge on any atom is 0.309 e. The van der Waals surface area contributed by atoms with Crippen molar-refractivity contribution in [3.8, 4) is 0 Å². The van der Waals surface area contributed by atoms with Crippen LogP contribution in [0.25, 0.3) is 0 Å². The molecule has 0 amide bonds. The fraction of sp³-hybridized carbons (Fsp3) is 0.923. The van der Waals surface area contributed by atoms with Crippen molar-refractivity contribution >= 4 is 11.9 Å². The normalized spacial score (nSPS) is 13.9. The van der Waals surface area contributed by atoms with Crippen molar-refractivity contribution in [3.63, 3.8) is 0 Å². The predicted molar refractivity (Wildman–Crippen MR) is 131 cm³/mol. The van der Waals surface area contributed by atoms with Crippen LogP contribution in [0.5, 0.6) is 0 Å². The zero-order valence-electron chi connectivity index (χ0n) is 21.3. The number of carbonyl (C=O) groups excluding carboxylic acids is 2. The molecule has 0 radical (unpaired) electrons. The third-order valence-corrected chi connectivity index (χ3v) is 6.04. The third-order valence-electron chi connectivity index (χ3n) is 6.04. The summed E-state index contributed by atoms with van der Waals surface area (Å²) < 4.78 is 9.93. The van der Waals surface area contributed by atoms with Crippen LogP contribution in [0.1, 0.15) is 110 Å². The first-order valence-electron chi connectivity index (χ1n) is 13.3. The van der Waals surface area contributed by atoms with E-state index in [-0.39, 0.29) is 31.1 Å². The highest BCUT2D eigenvalue weighted by atomic mass is 16.5. The van der Waals surface area contributed by atoms with Gasteiger partial charge in [0.15, 0.2) is 0 Å².